The van der Waals surface area contributed by atoms with E-state index in [9.17, 15) is 19.2 Å². The highest BCUT2D eigenvalue weighted by Crippen LogP contribution is 2.45. The van der Waals surface area contributed by atoms with Crippen LogP contribution in [0.1, 0.15) is 65.8 Å². The van der Waals surface area contributed by atoms with Crippen LogP contribution in [0, 0.1) is 12.8 Å². The van der Waals surface area contributed by atoms with Crippen molar-refractivity contribution in [2.75, 3.05) is 13.2 Å². The van der Waals surface area contributed by atoms with Gasteiger partial charge in [-0.05, 0) is 51.8 Å². The molecule has 11 heteroatoms. The first-order chi connectivity index (χ1) is 29.1. The molecule has 0 spiro atoms. The maximum absolute atomic E-state index is 14.2. The van der Waals surface area contributed by atoms with Crippen LogP contribution in [0.15, 0.2) is 155 Å². The molecule has 8 rings (SSSR count). The third-order valence-corrected chi connectivity index (χ3v) is 11.4. The minimum Gasteiger partial charge on any atom is -0.458 e. The molecule has 1 aromatic heterocycles. The zero-order valence-corrected chi connectivity index (χ0v) is 33.7. The van der Waals surface area contributed by atoms with Gasteiger partial charge in [-0.3, -0.25) is 14.3 Å². The van der Waals surface area contributed by atoms with Crippen molar-refractivity contribution in [3.05, 3.63) is 200 Å². The fourth-order valence-corrected chi connectivity index (χ4v) is 8.41. The van der Waals surface area contributed by atoms with Crippen molar-refractivity contribution >= 4 is 12.1 Å². The lowest BCUT2D eigenvalue weighted by Gasteiger charge is -2.37. The van der Waals surface area contributed by atoms with Crippen LogP contribution < -0.4 is 16.6 Å². The highest BCUT2D eigenvalue weighted by Gasteiger charge is 2.45. The van der Waals surface area contributed by atoms with Crippen LogP contribution >= 0.6 is 0 Å². The Kier molecular flexibility index (Phi) is 11.6. The zero-order valence-electron chi connectivity index (χ0n) is 33.7. The standard InChI is InChI=1S/C49H47N3O8/c1-31(2)44(50-48(56)57-29-40-38-25-15-13-23-36(38)37-24-14-16-26-39(37)40)46(54)60-41-27-43(52-28-32(3)45(53)51-47(52)55)59-42(41)30-58-49(33-17-7-4-8-18-33,34-19-9-5-10-20-34)35-21-11-6-12-22-35/h4-26,28,31,40-44H,27,29-30H2,1-3H3,(H,50,56)(H,51,53,55)/t41-,42+,43+,44-/m0/s1. The average Bonchev–Trinajstić information content (AvgIpc) is 3.82. The lowest BCUT2D eigenvalue weighted by Crippen LogP contribution is -2.48. The average molecular weight is 806 g/mol. The van der Waals surface area contributed by atoms with E-state index in [-0.39, 0.29) is 31.5 Å². The highest BCUT2D eigenvalue weighted by atomic mass is 16.6. The Labute approximate surface area is 347 Å². The number of esters is 1. The Morgan fingerprint density at radius 3 is 1.82 bits per heavy atom. The summed E-state index contributed by atoms with van der Waals surface area (Å²) in [5, 5.41) is 2.76. The zero-order chi connectivity index (χ0) is 41.8. The molecule has 5 aromatic carbocycles. The first-order valence-electron chi connectivity index (χ1n) is 20.2. The summed E-state index contributed by atoms with van der Waals surface area (Å²) in [4.78, 5) is 55.4. The number of carbonyl (C=O) groups excluding carboxylic acids is 2. The number of aromatic amines is 1. The molecule has 0 radical (unpaired) electrons. The predicted octanol–water partition coefficient (Wildman–Crippen LogP) is 7.62. The summed E-state index contributed by atoms with van der Waals surface area (Å²) in [6.07, 6.45) is -1.96. The molecule has 1 aliphatic carbocycles. The van der Waals surface area contributed by atoms with E-state index in [1.807, 2.05) is 127 Å². The lowest BCUT2D eigenvalue weighted by atomic mass is 9.80. The minimum atomic E-state index is -1.11. The van der Waals surface area contributed by atoms with Gasteiger partial charge in [0.05, 0.1) is 6.61 Å². The molecule has 6 aromatic rings. The number of ether oxygens (including phenoxy) is 4. The monoisotopic (exact) mass is 805 g/mol. The molecule has 1 amide bonds. The highest BCUT2D eigenvalue weighted by molar-refractivity contribution is 5.82. The number of H-pyrrole nitrogens is 1. The molecule has 4 atom stereocenters. The van der Waals surface area contributed by atoms with Gasteiger partial charge in [0.1, 0.15) is 36.7 Å². The van der Waals surface area contributed by atoms with Crippen LogP contribution in [0.25, 0.3) is 11.1 Å². The molecular formula is C49H47N3O8. The molecule has 2 heterocycles. The van der Waals surface area contributed by atoms with Gasteiger partial charge in [-0.1, -0.05) is 153 Å². The first kappa shape index (κ1) is 40.2. The summed E-state index contributed by atoms with van der Waals surface area (Å²) in [7, 11) is 0. The molecule has 0 unspecified atom stereocenters. The summed E-state index contributed by atoms with van der Waals surface area (Å²) in [6, 6.07) is 44.6. The summed E-state index contributed by atoms with van der Waals surface area (Å²) in [5.41, 5.74) is 4.99. The molecule has 306 valence electrons. The van der Waals surface area contributed by atoms with E-state index < -0.39 is 53.4 Å². The second-order valence-corrected chi connectivity index (χ2v) is 15.6. The SMILES string of the molecule is Cc1cn([C@H]2C[C@H](OC(=O)[C@@H](NC(=O)OCC3c4ccccc4-c4ccccc43)C(C)C)[C@@H](COC(c3ccccc3)(c3ccccc3)c3ccccc3)O2)c(=O)[nH]c1=O. The summed E-state index contributed by atoms with van der Waals surface area (Å²) in [6.45, 7) is 5.21. The van der Waals surface area contributed by atoms with Crippen LogP contribution in [0.2, 0.25) is 0 Å². The Morgan fingerprint density at radius 2 is 1.28 bits per heavy atom. The van der Waals surface area contributed by atoms with Gasteiger partial charge in [-0.25, -0.2) is 14.4 Å². The van der Waals surface area contributed by atoms with Crippen molar-refractivity contribution in [2.24, 2.45) is 5.92 Å². The van der Waals surface area contributed by atoms with Crippen LogP contribution in [0.4, 0.5) is 4.79 Å². The number of aryl methyl sites for hydroxylation is 1. The van der Waals surface area contributed by atoms with Gasteiger partial charge in [-0.15, -0.1) is 0 Å². The van der Waals surface area contributed by atoms with Gasteiger partial charge in [-0.2, -0.15) is 0 Å². The Hall–Kier alpha value is -6.56. The van der Waals surface area contributed by atoms with Crippen LogP contribution in [0.3, 0.4) is 0 Å². The van der Waals surface area contributed by atoms with E-state index in [2.05, 4.69) is 22.4 Å². The second kappa shape index (κ2) is 17.3. The number of amides is 1. The van der Waals surface area contributed by atoms with Crippen molar-refractivity contribution in [3.63, 3.8) is 0 Å². The van der Waals surface area contributed by atoms with Gasteiger partial charge in [0.2, 0.25) is 0 Å². The molecular weight excluding hydrogens is 759 g/mol. The van der Waals surface area contributed by atoms with Gasteiger partial charge in [0.25, 0.3) is 5.56 Å². The number of fused-ring (bicyclic) bond motifs is 3. The van der Waals surface area contributed by atoms with E-state index in [4.69, 9.17) is 18.9 Å². The van der Waals surface area contributed by atoms with Crippen molar-refractivity contribution in [1.29, 1.82) is 0 Å². The third kappa shape index (κ3) is 7.93. The van der Waals surface area contributed by atoms with Crippen molar-refractivity contribution in [2.45, 2.75) is 63.2 Å². The number of nitrogens with zero attached hydrogens (tertiary/aromatic N) is 1. The van der Waals surface area contributed by atoms with E-state index >= 15 is 0 Å². The Balaban J connectivity index is 1.05. The Bertz CT molecular complexity index is 2430. The maximum Gasteiger partial charge on any atom is 0.407 e. The molecule has 1 saturated heterocycles. The Morgan fingerprint density at radius 1 is 0.767 bits per heavy atom. The van der Waals surface area contributed by atoms with E-state index in [0.717, 1.165) is 38.9 Å². The van der Waals surface area contributed by atoms with E-state index in [0.29, 0.717) is 5.56 Å². The first-order valence-corrected chi connectivity index (χ1v) is 20.2. The van der Waals surface area contributed by atoms with Gasteiger partial charge in [0.15, 0.2) is 0 Å². The fraction of sp³-hybridized carbons (Fsp3) is 0.265. The fourth-order valence-electron chi connectivity index (χ4n) is 8.41. The second-order valence-electron chi connectivity index (χ2n) is 15.6. The normalized spacial score (nSPS) is 17.8. The molecule has 2 aliphatic rings. The number of benzene rings is 5. The van der Waals surface area contributed by atoms with Gasteiger partial charge >= 0.3 is 17.8 Å². The van der Waals surface area contributed by atoms with Gasteiger partial charge < -0.3 is 24.3 Å². The molecule has 0 saturated carbocycles. The maximum atomic E-state index is 14.2. The number of hydrogen-bond donors (Lipinski definition) is 2. The largest absolute Gasteiger partial charge is 0.458 e. The molecule has 1 fully saturated rings. The number of rotatable bonds is 13. The van der Waals surface area contributed by atoms with Gasteiger partial charge in [0, 0.05) is 24.1 Å². The van der Waals surface area contributed by atoms with Crippen molar-refractivity contribution in [3.8, 4) is 11.1 Å². The smallest absolute Gasteiger partial charge is 0.407 e. The summed E-state index contributed by atoms with van der Waals surface area (Å²) in [5.74, 6) is -1.23. The molecule has 60 heavy (non-hydrogen) atoms. The summed E-state index contributed by atoms with van der Waals surface area (Å²) < 4.78 is 27.0. The van der Waals surface area contributed by atoms with Crippen LogP contribution in [-0.4, -0.2) is 53.1 Å². The molecule has 0 bridgehead atoms. The third-order valence-electron chi connectivity index (χ3n) is 11.4. The molecule has 2 N–H and O–H groups in total. The quantitative estimate of drug-likeness (QED) is 0.0899. The minimum absolute atomic E-state index is 0.0654. The van der Waals surface area contributed by atoms with E-state index in [1.54, 1.807) is 20.8 Å². The van der Waals surface area contributed by atoms with Crippen LogP contribution in [-0.2, 0) is 29.3 Å². The topological polar surface area (TPSA) is 138 Å². The van der Waals surface area contributed by atoms with Crippen LogP contribution in [0.5, 0.6) is 0 Å². The lowest BCUT2D eigenvalue weighted by molar-refractivity contribution is -0.159. The van der Waals surface area contributed by atoms with Crippen molar-refractivity contribution < 1.29 is 28.5 Å². The number of hydrogen-bond acceptors (Lipinski definition) is 8. The molecule has 1 aliphatic heterocycles. The predicted molar refractivity (Wildman–Crippen MR) is 226 cm³/mol. The number of nitrogens with one attached hydrogen (secondary N) is 2. The number of alkyl carbamates (subject to hydrolysis) is 1. The number of aromatic nitrogens is 2. The number of carbonyl (C=O) groups is 2. The molecule has 11 nitrogen and oxygen atoms in total. The van der Waals surface area contributed by atoms with Crippen molar-refractivity contribution in [1.82, 2.24) is 14.9 Å². The van der Waals surface area contributed by atoms with E-state index in [1.165, 1.54) is 10.8 Å². The summed E-state index contributed by atoms with van der Waals surface area (Å²) >= 11 is 0.